The van der Waals surface area contributed by atoms with Crippen molar-refractivity contribution in [1.29, 1.82) is 0 Å². The Bertz CT molecular complexity index is 906. The first-order valence-corrected chi connectivity index (χ1v) is 10.5. The van der Waals surface area contributed by atoms with Gasteiger partial charge in [-0.2, -0.15) is 0 Å². The van der Waals surface area contributed by atoms with Crippen LogP contribution < -0.4 is 10.1 Å². The maximum absolute atomic E-state index is 12.9. The Kier molecular flexibility index (Phi) is 7.39. The second-order valence-electron chi connectivity index (χ2n) is 7.25. The molecule has 0 spiro atoms. The van der Waals surface area contributed by atoms with Gasteiger partial charge in [0.1, 0.15) is 5.02 Å². The Balaban J connectivity index is 1.60. The van der Waals surface area contributed by atoms with Crippen molar-refractivity contribution in [2.45, 2.75) is 26.4 Å². The molecule has 2 heterocycles. The molecule has 9 heteroatoms. The Labute approximate surface area is 185 Å². The van der Waals surface area contributed by atoms with E-state index < -0.39 is 0 Å². The van der Waals surface area contributed by atoms with Crippen LogP contribution in [0.2, 0.25) is 10.0 Å². The zero-order chi connectivity index (χ0) is 21.7. The van der Waals surface area contributed by atoms with E-state index in [0.717, 1.165) is 0 Å². The molecule has 0 aliphatic carbocycles. The number of nitrogens with one attached hydrogen (secondary N) is 1. The smallest absolute Gasteiger partial charge is 0.321 e. The van der Waals surface area contributed by atoms with E-state index in [9.17, 15) is 9.59 Å². The summed E-state index contributed by atoms with van der Waals surface area (Å²) >= 11 is 12.1. The SMILES string of the molecule is CC(C)Oc1ncc(C(=O)N2CCCN(C(=O)Nc3ccc(Cl)cc3)CC2)cc1Cl. The van der Waals surface area contributed by atoms with Crippen LogP contribution in [0.25, 0.3) is 0 Å². The van der Waals surface area contributed by atoms with Crippen LogP contribution in [0.15, 0.2) is 36.5 Å². The minimum absolute atomic E-state index is 0.0628. The minimum Gasteiger partial charge on any atom is -0.474 e. The first-order chi connectivity index (χ1) is 14.3. The Morgan fingerprint density at radius 1 is 1.07 bits per heavy atom. The third kappa shape index (κ3) is 5.77. The summed E-state index contributed by atoms with van der Waals surface area (Å²) in [5, 5.41) is 3.76. The third-order valence-corrected chi connectivity index (χ3v) is 5.09. The van der Waals surface area contributed by atoms with Gasteiger partial charge >= 0.3 is 6.03 Å². The van der Waals surface area contributed by atoms with Gasteiger partial charge in [0.15, 0.2) is 0 Å². The highest BCUT2D eigenvalue weighted by molar-refractivity contribution is 6.32. The van der Waals surface area contributed by atoms with E-state index in [0.29, 0.717) is 59.8 Å². The van der Waals surface area contributed by atoms with Crippen LogP contribution in [0.4, 0.5) is 10.5 Å². The van der Waals surface area contributed by atoms with Gasteiger partial charge in [0, 0.05) is 43.1 Å². The number of hydrogen-bond donors (Lipinski definition) is 1. The Morgan fingerprint density at radius 3 is 2.40 bits per heavy atom. The van der Waals surface area contributed by atoms with Gasteiger partial charge in [0.25, 0.3) is 5.91 Å². The van der Waals surface area contributed by atoms with Crippen molar-refractivity contribution in [3.8, 4) is 5.88 Å². The highest BCUT2D eigenvalue weighted by Gasteiger charge is 2.24. The number of rotatable bonds is 4. The van der Waals surface area contributed by atoms with Gasteiger partial charge in [-0.1, -0.05) is 23.2 Å². The summed E-state index contributed by atoms with van der Waals surface area (Å²) in [5.74, 6) is 0.143. The number of benzene rings is 1. The number of ether oxygens (including phenoxy) is 1. The number of urea groups is 1. The molecule has 1 aliphatic rings. The van der Waals surface area contributed by atoms with Crippen molar-refractivity contribution < 1.29 is 14.3 Å². The third-order valence-electron chi connectivity index (χ3n) is 4.57. The zero-order valence-corrected chi connectivity index (χ0v) is 18.4. The summed E-state index contributed by atoms with van der Waals surface area (Å²) in [6.45, 7) is 5.72. The summed E-state index contributed by atoms with van der Waals surface area (Å²) in [6.07, 6.45) is 2.09. The van der Waals surface area contributed by atoms with Crippen LogP contribution in [0, 0.1) is 0 Å². The van der Waals surface area contributed by atoms with Crippen molar-refractivity contribution in [3.05, 3.63) is 52.1 Å². The first-order valence-electron chi connectivity index (χ1n) is 9.76. The van der Waals surface area contributed by atoms with E-state index >= 15 is 0 Å². The largest absolute Gasteiger partial charge is 0.474 e. The predicted molar refractivity (Wildman–Crippen MR) is 118 cm³/mol. The highest BCUT2D eigenvalue weighted by Crippen LogP contribution is 2.24. The average Bonchev–Trinajstić information content (AvgIpc) is 2.97. The van der Waals surface area contributed by atoms with Crippen molar-refractivity contribution in [2.24, 2.45) is 0 Å². The lowest BCUT2D eigenvalue weighted by Gasteiger charge is -2.22. The zero-order valence-electron chi connectivity index (χ0n) is 16.9. The van der Waals surface area contributed by atoms with E-state index in [1.165, 1.54) is 6.20 Å². The lowest BCUT2D eigenvalue weighted by molar-refractivity contribution is 0.0762. The topological polar surface area (TPSA) is 74.8 Å². The molecule has 0 unspecified atom stereocenters. The van der Waals surface area contributed by atoms with Gasteiger partial charge < -0.3 is 19.9 Å². The lowest BCUT2D eigenvalue weighted by atomic mass is 10.2. The van der Waals surface area contributed by atoms with Crippen LogP contribution in [0.5, 0.6) is 5.88 Å². The van der Waals surface area contributed by atoms with E-state index in [1.807, 2.05) is 13.8 Å². The van der Waals surface area contributed by atoms with Crippen molar-refractivity contribution in [1.82, 2.24) is 14.8 Å². The molecule has 0 atom stereocenters. The molecule has 1 aromatic carbocycles. The number of halogens is 2. The second kappa shape index (κ2) is 10.00. The molecule has 0 saturated carbocycles. The van der Waals surface area contributed by atoms with Crippen LogP contribution in [0.1, 0.15) is 30.6 Å². The maximum atomic E-state index is 12.9. The standard InChI is InChI=1S/C21H24Cl2N4O3/c1-14(2)30-19-18(23)12-15(13-24-19)20(28)26-8-3-9-27(11-10-26)21(29)25-17-6-4-16(22)5-7-17/h4-7,12-14H,3,8-11H2,1-2H3,(H,25,29). The number of pyridine rings is 1. The van der Waals surface area contributed by atoms with Gasteiger partial charge in [-0.25, -0.2) is 9.78 Å². The maximum Gasteiger partial charge on any atom is 0.321 e. The van der Waals surface area contributed by atoms with Crippen LogP contribution >= 0.6 is 23.2 Å². The number of amides is 3. The molecule has 7 nitrogen and oxygen atoms in total. The fourth-order valence-corrected chi connectivity index (χ4v) is 3.43. The molecule has 1 aliphatic heterocycles. The molecule has 1 fully saturated rings. The molecule has 1 N–H and O–H groups in total. The molecular weight excluding hydrogens is 427 g/mol. The lowest BCUT2D eigenvalue weighted by Crippen LogP contribution is -2.39. The molecule has 0 bridgehead atoms. The minimum atomic E-state index is -0.202. The summed E-state index contributed by atoms with van der Waals surface area (Å²) in [7, 11) is 0. The molecule has 0 radical (unpaired) electrons. The molecule has 1 aromatic heterocycles. The summed E-state index contributed by atoms with van der Waals surface area (Å²) in [6, 6.07) is 8.30. The molecule has 3 amide bonds. The molecule has 160 valence electrons. The number of nitrogens with zero attached hydrogens (tertiary/aromatic N) is 3. The van der Waals surface area contributed by atoms with E-state index in [2.05, 4.69) is 10.3 Å². The molecule has 30 heavy (non-hydrogen) atoms. The van der Waals surface area contributed by atoms with Crippen LogP contribution in [0.3, 0.4) is 0 Å². The average molecular weight is 451 g/mol. The number of aromatic nitrogens is 1. The number of hydrogen-bond acceptors (Lipinski definition) is 4. The number of carbonyl (C=O) groups is 2. The predicted octanol–water partition coefficient (Wildman–Crippen LogP) is 4.56. The van der Waals surface area contributed by atoms with Gasteiger partial charge in [-0.3, -0.25) is 4.79 Å². The monoisotopic (exact) mass is 450 g/mol. The first kappa shape index (κ1) is 22.2. The Hall–Kier alpha value is -2.51. The van der Waals surface area contributed by atoms with Gasteiger partial charge in [-0.05, 0) is 50.6 Å². The Morgan fingerprint density at radius 2 is 1.73 bits per heavy atom. The summed E-state index contributed by atoms with van der Waals surface area (Å²) < 4.78 is 5.51. The summed E-state index contributed by atoms with van der Waals surface area (Å²) in [4.78, 5) is 33.0. The van der Waals surface area contributed by atoms with E-state index in [-0.39, 0.29) is 18.0 Å². The van der Waals surface area contributed by atoms with E-state index in [1.54, 1.807) is 40.1 Å². The molecular formula is C21H24Cl2N4O3. The number of anilines is 1. The van der Waals surface area contributed by atoms with Crippen LogP contribution in [-0.4, -0.2) is 59.0 Å². The highest BCUT2D eigenvalue weighted by atomic mass is 35.5. The number of carbonyl (C=O) groups excluding carboxylic acids is 2. The second-order valence-corrected chi connectivity index (χ2v) is 8.09. The van der Waals surface area contributed by atoms with Gasteiger partial charge in [0.05, 0.1) is 11.7 Å². The molecule has 2 aromatic rings. The van der Waals surface area contributed by atoms with E-state index in [4.69, 9.17) is 27.9 Å². The van der Waals surface area contributed by atoms with Crippen molar-refractivity contribution >= 4 is 40.8 Å². The normalized spacial score (nSPS) is 14.4. The molecule has 1 saturated heterocycles. The quantitative estimate of drug-likeness (QED) is 0.740. The van der Waals surface area contributed by atoms with Crippen molar-refractivity contribution in [2.75, 3.05) is 31.5 Å². The molecule has 3 rings (SSSR count). The van der Waals surface area contributed by atoms with Gasteiger partial charge in [-0.15, -0.1) is 0 Å². The van der Waals surface area contributed by atoms with Gasteiger partial charge in [0.2, 0.25) is 5.88 Å². The van der Waals surface area contributed by atoms with Crippen molar-refractivity contribution in [3.63, 3.8) is 0 Å². The fourth-order valence-electron chi connectivity index (χ4n) is 3.09. The summed E-state index contributed by atoms with van der Waals surface area (Å²) in [5.41, 5.74) is 1.07. The fraction of sp³-hybridized carbons (Fsp3) is 0.381. The van der Waals surface area contributed by atoms with Crippen LogP contribution in [-0.2, 0) is 0 Å².